The number of benzene rings is 2. The number of nitro benzene ring substituents is 1. The molecule has 0 aliphatic carbocycles. The third kappa shape index (κ3) is 3.49. The molecule has 0 aromatic heterocycles. The molecule has 0 saturated carbocycles. The molecule has 2 rings (SSSR count). The van der Waals surface area contributed by atoms with Gasteiger partial charge in [-0.25, -0.2) is 0 Å². The molecular weight excluding hydrogens is 272 g/mol. The van der Waals surface area contributed by atoms with Gasteiger partial charge in [0.25, 0.3) is 5.69 Å². The summed E-state index contributed by atoms with van der Waals surface area (Å²) in [6.07, 6.45) is 0. The van der Waals surface area contributed by atoms with Gasteiger partial charge >= 0.3 is 0 Å². The van der Waals surface area contributed by atoms with E-state index in [1.807, 2.05) is 6.07 Å². The van der Waals surface area contributed by atoms with Crippen molar-refractivity contribution in [2.75, 3.05) is 0 Å². The summed E-state index contributed by atoms with van der Waals surface area (Å²) in [6, 6.07) is 9.57. The van der Waals surface area contributed by atoms with Gasteiger partial charge in [0.15, 0.2) is 11.5 Å². The quantitative estimate of drug-likeness (QED) is 0.446. The topological polar surface area (TPSA) is 95.6 Å². The van der Waals surface area contributed by atoms with Crippen molar-refractivity contribution in [3.8, 4) is 11.5 Å². The predicted molar refractivity (Wildman–Crippen MR) is 78.1 cm³/mol. The number of phenols is 2. The van der Waals surface area contributed by atoms with Crippen LogP contribution in [0.25, 0.3) is 0 Å². The Balaban J connectivity index is 2.02. The molecular formula is C15H16N2O4. The van der Waals surface area contributed by atoms with Gasteiger partial charge in [-0.15, -0.1) is 0 Å². The van der Waals surface area contributed by atoms with E-state index in [0.717, 1.165) is 11.1 Å². The van der Waals surface area contributed by atoms with Gasteiger partial charge in [-0.1, -0.05) is 18.2 Å². The van der Waals surface area contributed by atoms with Crippen LogP contribution >= 0.6 is 0 Å². The van der Waals surface area contributed by atoms with Crippen molar-refractivity contribution in [3.05, 3.63) is 63.2 Å². The first-order valence-corrected chi connectivity index (χ1v) is 6.43. The Morgan fingerprint density at radius 1 is 1.14 bits per heavy atom. The molecule has 0 aliphatic rings. The van der Waals surface area contributed by atoms with Crippen LogP contribution in [0.1, 0.15) is 16.7 Å². The summed E-state index contributed by atoms with van der Waals surface area (Å²) in [4.78, 5) is 10.5. The maximum Gasteiger partial charge on any atom is 0.272 e. The maximum absolute atomic E-state index is 10.9. The minimum absolute atomic E-state index is 0.108. The average Bonchev–Trinajstić information content (AvgIpc) is 2.44. The van der Waals surface area contributed by atoms with Crippen LogP contribution in [-0.4, -0.2) is 15.1 Å². The molecule has 3 N–H and O–H groups in total. The number of nitro groups is 1. The standard InChI is InChI=1S/C15H16N2O4/c1-10-12(3-2-4-13(10)17(20)21)9-16-8-11-5-6-14(18)15(19)7-11/h2-7,16,18-19H,8-9H2,1H3. The molecule has 21 heavy (non-hydrogen) atoms. The van der Waals surface area contributed by atoms with Gasteiger partial charge in [-0.3, -0.25) is 10.1 Å². The smallest absolute Gasteiger partial charge is 0.272 e. The molecule has 0 fully saturated rings. The molecule has 110 valence electrons. The number of nitrogens with zero attached hydrogens (tertiary/aromatic N) is 1. The third-order valence-corrected chi connectivity index (χ3v) is 3.30. The zero-order valence-corrected chi connectivity index (χ0v) is 11.5. The second-order valence-corrected chi connectivity index (χ2v) is 4.74. The highest BCUT2D eigenvalue weighted by molar-refractivity contribution is 5.44. The van der Waals surface area contributed by atoms with Crippen LogP contribution in [0.4, 0.5) is 5.69 Å². The number of aromatic hydroxyl groups is 2. The van der Waals surface area contributed by atoms with Crippen molar-refractivity contribution >= 4 is 5.69 Å². The lowest BCUT2D eigenvalue weighted by Gasteiger charge is -2.09. The number of hydrogen-bond acceptors (Lipinski definition) is 5. The summed E-state index contributed by atoms with van der Waals surface area (Å²) in [5.74, 6) is -0.325. The van der Waals surface area contributed by atoms with E-state index in [1.165, 1.54) is 18.2 Å². The Morgan fingerprint density at radius 3 is 2.57 bits per heavy atom. The van der Waals surface area contributed by atoms with Crippen molar-refractivity contribution in [3.63, 3.8) is 0 Å². The highest BCUT2D eigenvalue weighted by Gasteiger charge is 2.12. The van der Waals surface area contributed by atoms with E-state index in [2.05, 4.69) is 5.32 Å². The highest BCUT2D eigenvalue weighted by atomic mass is 16.6. The molecule has 0 heterocycles. The van der Waals surface area contributed by atoms with Gasteiger partial charge in [-0.2, -0.15) is 0 Å². The molecule has 2 aromatic rings. The van der Waals surface area contributed by atoms with Crippen molar-refractivity contribution in [1.29, 1.82) is 0 Å². The summed E-state index contributed by atoms with van der Waals surface area (Å²) >= 11 is 0. The largest absolute Gasteiger partial charge is 0.504 e. The summed E-state index contributed by atoms with van der Waals surface area (Å²) in [7, 11) is 0. The van der Waals surface area contributed by atoms with Gasteiger partial charge in [0.05, 0.1) is 4.92 Å². The summed E-state index contributed by atoms with van der Waals surface area (Å²) in [5.41, 5.74) is 2.42. The van der Waals surface area contributed by atoms with Crippen molar-refractivity contribution in [2.45, 2.75) is 20.0 Å². The van der Waals surface area contributed by atoms with E-state index in [9.17, 15) is 20.3 Å². The van der Waals surface area contributed by atoms with Gasteiger partial charge < -0.3 is 15.5 Å². The Kier molecular flexibility index (Phi) is 4.39. The SMILES string of the molecule is Cc1c(CNCc2ccc(O)c(O)c2)cccc1[N+](=O)[O-]. The van der Waals surface area contributed by atoms with Gasteiger partial charge in [-0.05, 0) is 30.2 Å². The number of phenolic OH excluding ortho intramolecular Hbond substituents is 2. The van der Waals surface area contributed by atoms with Crippen LogP contribution in [0.3, 0.4) is 0 Å². The van der Waals surface area contributed by atoms with Gasteiger partial charge in [0.2, 0.25) is 0 Å². The first-order valence-electron chi connectivity index (χ1n) is 6.43. The molecule has 0 bridgehead atoms. The second kappa shape index (κ2) is 6.23. The number of nitrogens with one attached hydrogen (secondary N) is 1. The normalized spacial score (nSPS) is 10.5. The van der Waals surface area contributed by atoms with Crippen LogP contribution in [0, 0.1) is 17.0 Å². The zero-order valence-electron chi connectivity index (χ0n) is 11.5. The fraction of sp³-hybridized carbons (Fsp3) is 0.200. The number of hydrogen-bond donors (Lipinski definition) is 3. The molecule has 6 heteroatoms. The zero-order chi connectivity index (χ0) is 15.4. The van der Waals surface area contributed by atoms with E-state index in [0.29, 0.717) is 18.7 Å². The summed E-state index contributed by atoms with van der Waals surface area (Å²) < 4.78 is 0. The third-order valence-electron chi connectivity index (χ3n) is 3.30. The number of rotatable bonds is 5. The fourth-order valence-corrected chi connectivity index (χ4v) is 2.08. The molecule has 0 aliphatic heterocycles. The Labute approximate surface area is 121 Å². The highest BCUT2D eigenvalue weighted by Crippen LogP contribution is 2.25. The molecule has 2 aromatic carbocycles. The van der Waals surface area contributed by atoms with Gasteiger partial charge in [0.1, 0.15) is 0 Å². The minimum Gasteiger partial charge on any atom is -0.504 e. The Morgan fingerprint density at radius 2 is 1.90 bits per heavy atom. The summed E-state index contributed by atoms with van der Waals surface area (Å²) in [6.45, 7) is 2.69. The van der Waals surface area contributed by atoms with Crippen molar-refractivity contribution in [1.82, 2.24) is 5.32 Å². The van der Waals surface area contributed by atoms with E-state index in [1.54, 1.807) is 19.1 Å². The molecule has 0 unspecified atom stereocenters. The van der Waals surface area contributed by atoms with E-state index in [4.69, 9.17) is 0 Å². The average molecular weight is 288 g/mol. The van der Waals surface area contributed by atoms with Crippen molar-refractivity contribution in [2.24, 2.45) is 0 Å². The molecule has 6 nitrogen and oxygen atoms in total. The lowest BCUT2D eigenvalue weighted by Crippen LogP contribution is -2.13. The molecule has 0 spiro atoms. The second-order valence-electron chi connectivity index (χ2n) is 4.74. The molecule has 0 atom stereocenters. The van der Waals surface area contributed by atoms with Crippen LogP contribution in [0.5, 0.6) is 11.5 Å². The van der Waals surface area contributed by atoms with Crippen LogP contribution in [0.15, 0.2) is 36.4 Å². The van der Waals surface area contributed by atoms with Crippen LogP contribution in [-0.2, 0) is 13.1 Å². The van der Waals surface area contributed by atoms with E-state index < -0.39 is 4.92 Å². The Bertz CT molecular complexity index is 671. The van der Waals surface area contributed by atoms with E-state index >= 15 is 0 Å². The lowest BCUT2D eigenvalue weighted by atomic mass is 10.1. The summed E-state index contributed by atoms with van der Waals surface area (Å²) in [5, 5.41) is 32.7. The fourth-order valence-electron chi connectivity index (χ4n) is 2.08. The lowest BCUT2D eigenvalue weighted by molar-refractivity contribution is -0.385. The Hall–Kier alpha value is -2.60. The monoisotopic (exact) mass is 288 g/mol. The molecule has 0 radical (unpaired) electrons. The first kappa shape index (κ1) is 14.8. The van der Waals surface area contributed by atoms with Crippen LogP contribution in [0.2, 0.25) is 0 Å². The molecule has 0 amide bonds. The minimum atomic E-state index is -0.392. The van der Waals surface area contributed by atoms with Gasteiger partial charge in [0, 0.05) is 24.7 Å². The first-order chi connectivity index (χ1) is 9.99. The maximum atomic E-state index is 10.9. The van der Waals surface area contributed by atoms with E-state index in [-0.39, 0.29) is 17.2 Å². The van der Waals surface area contributed by atoms with Crippen LogP contribution < -0.4 is 5.32 Å². The predicted octanol–water partition coefficient (Wildman–Crippen LogP) is 2.60. The molecule has 0 saturated heterocycles. The van der Waals surface area contributed by atoms with Crippen molar-refractivity contribution < 1.29 is 15.1 Å².